The number of nitrogens with zero attached hydrogens (tertiary/aromatic N) is 1. The van der Waals surface area contributed by atoms with Crippen molar-refractivity contribution in [1.82, 2.24) is 9.62 Å². The number of aliphatic hydroxyl groups excluding tert-OH is 1. The Bertz CT molecular complexity index is 279. The van der Waals surface area contributed by atoms with E-state index in [9.17, 15) is 8.42 Å². The number of piperidine rings is 1. The van der Waals surface area contributed by atoms with Crippen molar-refractivity contribution in [1.29, 1.82) is 0 Å². The largest absolute Gasteiger partial charge is 0.395 e. The molecule has 0 amide bonds. The molecule has 6 heteroatoms. The van der Waals surface area contributed by atoms with Gasteiger partial charge < -0.3 is 10.0 Å². The first-order valence-electron chi connectivity index (χ1n) is 5.33. The molecule has 15 heavy (non-hydrogen) atoms. The predicted molar refractivity (Wildman–Crippen MR) is 59.1 cm³/mol. The lowest BCUT2D eigenvalue weighted by Gasteiger charge is -2.32. The quantitative estimate of drug-likeness (QED) is 0.667. The number of nitrogens with one attached hydrogen (secondary N) is 1. The predicted octanol–water partition coefficient (Wildman–Crippen LogP) is -0.618. The van der Waals surface area contributed by atoms with Crippen molar-refractivity contribution in [3.05, 3.63) is 0 Å². The van der Waals surface area contributed by atoms with Crippen molar-refractivity contribution >= 4 is 10.0 Å². The van der Waals surface area contributed by atoms with Crippen LogP contribution in [0, 0.1) is 0 Å². The molecule has 1 unspecified atom stereocenters. The maximum atomic E-state index is 11.3. The summed E-state index contributed by atoms with van der Waals surface area (Å²) in [4.78, 5) is 2.19. The van der Waals surface area contributed by atoms with Gasteiger partial charge in [0.05, 0.1) is 12.4 Å². The first kappa shape index (κ1) is 12.9. The maximum absolute atomic E-state index is 11.3. The molecular weight excluding hydrogens is 216 g/mol. The molecule has 1 rings (SSSR count). The molecule has 90 valence electrons. The van der Waals surface area contributed by atoms with Gasteiger partial charge in [-0.15, -0.1) is 0 Å². The van der Waals surface area contributed by atoms with E-state index in [-0.39, 0.29) is 12.4 Å². The molecular formula is C9H20N2O3S. The Kier molecular flexibility index (Phi) is 4.98. The number of likely N-dealkylation sites (N-methyl/N-ethyl adjacent to an activating group) is 1. The van der Waals surface area contributed by atoms with Crippen LogP contribution >= 0.6 is 0 Å². The van der Waals surface area contributed by atoms with Crippen molar-refractivity contribution in [2.24, 2.45) is 0 Å². The highest BCUT2D eigenvalue weighted by atomic mass is 32.2. The van der Waals surface area contributed by atoms with Gasteiger partial charge in [0.2, 0.25) is 10.0 Å². The number of hydrogen-bond donors (Lipinski definition) is 2. The molecule has 0 spiro atoms. The standard InChI is InChI=1S/C9H20N2O3S/c1-11-5-3-2-4-9(11)8-10-15(13,14)7-6-12/h9-10,12H,2-8H2,1H3. The van der Waals surface area contributed by atoms with Crippen LogP contribution in [-0.4, -0.2) is 57.0 Å². The SMILES string of the molecule is CN1CCCCC1CNS(=O)(=O)CCO. The van der Waals surface area contributed by atoms with E-state index in [0.717, 1.165) is 19.4 Å². The van der Waals surface area contributed by atoms with E-state index in [0.29, 0.717) is 12.6 Å². The molecule has 1 aliphatic heterocycles. The molecule has 0 aliphatic carbocycles. The van der Waals surface area contributed by atoms with Crippen LogP contribution in [0.1, 0.15) is 19.3 Å². The molecule has 1 saturated heterocycles. The summed E-state index contributed by atoms with van der Waals surface area (Å²) in [6, 6.07) is 0.298. The summed E-state index contributed by atoms with van der Waals surface area (Å²) in [7, 11) is -1.26. The van der Waals surface area contributed by atoms with Gasteiger partial charge in [0.1, 0.15) is 0 Å². The highest BCUT2D eigenvalue weighted by molar-refractivity contribution is 7.89. The normalized spacial score (nSPS) is 24.3. The second-order valence-electron chi connectivity index (χ2n) is 4.02. The van der Waals surface area contributed by atoms with E-state index < -0.39 is 10.0 Å². The van der Waals surface area contributed by atoms with Crippen molar-refractivity contribution < 1.29 is 13.5 Å². The monoisotopic (exact) mass is 236 g/mol. The van der Waals surface area contributed by atoms with Crippen molar-refractivity contribution in [3.8, 4) is 0 Å². The molecule has 1 fully saturated rings. The van der Waals surface area contributed by atoms with Crippen LogP contribution in [0.4, 0.5) is 0 Å². The van der Waals surface area contributed by atoms with Crippen LogP contribution in [-0.2, 0) is 10.0 Å². The highest BCUT2D eigenvalue weighted by Crippen LogP contribution is 2.14. The molecule has 0 saturated carbocycles. The summed E-state index contributed by atoms with van der Waals surface area (Å²) < 4.78 is 25.1. The molecule has 1 heterocycles. The first-order valence-corrected chi connectivity index (χ1v) is 6.99. The van der Waals surface area contributed by atoms with Crippen molar-refractivity contribution in [3.63, 3.8) is 0 Å². The Morgan fingerprint density at radius 1 is 1.47 bits per heavy atom. The summed E-state index contributed by atoms with van der Waals surface area (Å²) in [5.74, 6) is -0.205. The summed E-state index contributed by atoms with van der Waals surface area (Å²) in [5.41, 5.74) is 0. The van der Waals surface area contributed by atoms with Gasteiger partial charge >= 0.3 is 0 Å². The summed E-state index contributed by atoms with van der Waals surface area (Å²) in [6.45, 7) is 1.17. The summed E-state index contributed by atoms with van der Waals surface area (Å²) >= 11 is 0. The van der Waals surface area contributed by atoms with Crippen LogP contribution in [0.3, 0.4) is 0 Å². The summed E-state index contributed by atoms with van der Waals surface area (Å²) in [5, 5.41) is 8.56. The van der Waals surface area contributed by atoms with Gasteiger partial charge in [-0.2, -0.15) is 0 Å². The fourth-order valence-corrected chi connectivity index (χ4v) is 2.65. The second-order valence-corrected chi connectivity index (χ2v) is 5.95. The van der Waals surface area contributed by atoms with E-state index in [2.05, 4.69) is 9.62 Å². The van der Waals surface area contributed by atoms with Crippen LogP contribution < -0.4 is 4.72 Å². The molecule has 0 aromatic rings. The fourth-order valence-electron chi connectivity index (χ4n) is 1.82. The average molecular weight is 236 g/mol. The molecule has 0 bridgehead atoms. The first-order chi connectivity index (χ1) is 7.05. The smallest absolute Gasteiger partial charge is 0.213 e. The van der Waals surface area contributed by atoms with Crippen LogP contribution in [0.2, 0.25) is 0 Å². The van der Waals surface area contributed by atoms with Gasteiger partial charge in [0.25, 0.3) is 0 Å². The lowest BCUT2D eigenvalue weighted by molar-refractivity contribution is 0.187. The van der Waals surface area contributed by atoms with Gasteiger partial charge in [0, 0.05) is 12.6 Å². The molecule has 0 aromatic heterocycles. The van der Waals surface area contributed by atoms with Gasteiger partial charge in [-0.3, -0.25) is 0 Å². The average Bonchev–Trinajstić information content (AvgIpc) is 2.16. The number of hydrogen-bond acceptors (Lipinski definition) is 4. The van der Waals surface area contributed by atoms with E-state index >= 15 is 0 Å². The molecule has 2 N–H and O–H groups in total. The molecule has 1 aliphatic rings. The number of aliphatic hydroxyl groups is 1. The minimum atomic E-state index is -3.28. The fraction of sp³-hybridized carbons (Fsp3) is 1.00. The van der Waals surface area contributed by atoms with Crippen LogP contribution in [0.15, 0.2) is 0 Å². The molecule has 5 nitrogen and oxygen atoms in total. The van der Waals surface area contributed by atoms with E-state index in [1.54, 1.807) is 0 Å². The number of sulfonamides is 1. The van der Waals surface area contributed by atoms with Gasteiger partial charge in [-0.1, -0.05) is 6.42 Å². The third-order valence-corrected chi connectivity index (χ3v) is 4.15. The van der Waals surface area contributed by atoms with Crippen molar-refractivity contribution in [2.45, 2.75) is 25.3 Å². The van der Waals surface area contributed by atoms with Gasteiger partial charge in [-0.05, 0) is 26.4 Å². The van der Waals surface area contributed by atoms with E-state index in [4.69, 9.17) is 5.11 Å². The van der Waals surface area contributed by atoms with E-state index in [1.165, 1.54) is 6.42 Å². The summed E-state index contributed by atoms with van der Waals surface area (Å²) in [6.07, 6.45) is 3.39. The Morgan fingerprint density at radius 2 is 2.20 bits per heavy atom. The minimum absolute atomic E-state index is 0.205. The van der Waals surface area contributed by atoms with Crippen molar-refractivity contribution in [2.75, 3.05) is 32.5 Å². The van der Waals surface area contributed by atoms with Gasteiger partial charge in [0.15, 0.2) is 0 Å². The van der Waals surface area contributed by atoms with Gasteiger partial charge in [-0.25, -0.2) is 13.1 Å². The Morgan fingerprint density at radius 3 is 2.80 bits per heavy atom. The zero-order valence-electron chi connectivity index (χ0n) is 9.15. The zero-order chi connectivity index (χ0) is 11.3. The third-order valence-electron chi connectivity index (χ3n) is 2.82. The lowest BCUT2D eigenvalue weighted by Crippen LogP contribution is -2.45. The lowest BCUT2D eigenvalue weighted by atomic mass is 10.0. The second kappa shape index (κ2) is 5.79. The van der Waals surface area contributed by atoms with E-state index in [1.807, 2.05) is 7.05 Å². The molecule has 0 aromatic carbocycles. The van der Waals surface area contributed by atoms with Crippen LogP contribution in [0.25, 0.3) is 0 Å². The number of rotatable bonds is 5. The molecule has 1 atom stereocenters. The van der Waals surface area contributed by atoms with Crippen LogP contribution in [0.5, 0.6) is 0 Å². The highest BCUT2D eigenvalue weighted by Gasteiger charge is 2.20. The Labute approximate surface area is 91.5 Å². The Hall–Kier alpha value is -0.170. The third kappa shape index (κ3) is 4.46. The maximum Gasteiger partial charge on any atom is 0.213 e. The minimum Gasteiger partial charge on any atom is -0.395 e. The molecule has 0 radical (unpaired) electrons. The Balaban J connectivity index is 2.35. The number of likely N-dealkylation sites (tertiary alicyclic amines) is 1. The zero-order valence-corrected chi connectivity index (χ0v) is 9.96. The topological polar surface area (TPSA) is 69.6 Å².